The van der Waals surface area contributed by atoms with Crippen LogP contribution in [0.1, 0.15) is 16.8 Å². The van der Waals surface area contributed by atoms with Crippen LogP contribution in [0.25, 0.3) is 5.69 Å². The largest absolute Gasteiger partial charge is 0.486 e. The lowest BCUT2D eigenvalue weighted by atomic mass is 10.1. The highest BCUT2D eigenvalue weighted by Crippen LogP contribution is 2.26. The molecule has 1 aromatic heterocycles. The lowest BCUT2D eigenvalue weighted by Gasteiger charge is -2.11. The number of aromatic nitrogens is 2. The predicted octanol–water partition coefficient (Wildman–Crippen LogP) is 4.12. The second-order valence-electron chi connectivity index (χ2n) is 5.63. The van der Waals surface area contributed by atoms with Gasteiger partial charge in [0.2, 0.25) is 0 Å². The Morgan fingerprint density at radius 3 is 2.68 bits per heavy atom. The number of rotatable bonds is 5. The molecule has 0 fully saturated rings. The lowest BCUT2D eigenvalue weighted by Crippen LogP contribution is -2.04. The van der Waals surface area contributed by atoms with Gasteiger partial charge in [0.25, 0.3) is 5.69 Å². The van der Waals surface area contributed by atoms with E-state index < -0.39 is 10.7 Å². The number of nitro benzene ring substituents is 1. The third-order valence-corrected chi connectivity index (χ3v) is 3.86. The Morgan fingerprint density at radius 1 is 1.24 bits per heavy atom. The number of benzene rings is 2. The molecule has 0 spiro atoms. The van der Waals surface area contributed by atoms with Crippen molar-refractivity contribution in [2.24, 2.45) is 0 Å². The summed E-state index contributed by atoms with van der Waals surface area (Å²) in [5.74, 6) is -0.521. The van der Waals surface area contributed by atoms with Crippen LogP contribution in [-0.4, -0.2) is 14.7 Å². The third kappa shape index (κ3) is 3.50. The van der Waals surface area contributed by atoms with E-state index in [0.29, 0.717) is 11.3 Å². The molecule has 0 aliphatic heterocycles. The molecule has 0 N–H and O–H groups in total. The molecule has 0 amide bonds. The maximum Gasteiger partial charge on any atom is 0.276 e. The molecule has 3 rings (SSSR count). The summed E-state index contributed by atoms with van der Waals surface area (Å²) in [6, 6.07) is 11.1. The van der Waals surface area contributed by atoms with E-state index in [1.54, 1.807) is 36.0 Å². The zero-order chi connectivity index (χ0) is 18.0. The van der Waals surface area contributed by atoms with Crippen LogP contribution in [0.2, 0.25) is 0 Å². The van der Waals surface area contributed by atoms with Gasteiger partial charge in [0.15, 0.2) is 11.6 Å². The van der Waals surface area contributed by atoms with E-state index in [1.807, 2.05) is 13.0 Å². The summed E-state index contributed by atoms with van der Waals surface area (Å²) in [4.78, 5) is 10.7. The summed E-state index contributed by atoms with van der Waals surface area (Å²) in [7, 11) is 0. The van der Waals surface area contributed by atoms with E-state index in [-0.39, 0.29) is 18.0 Å². The van der Waals surface area contributed by atoms with Gasteiger partial charge >= 0.3 is 0 Å². The molecule has 1 heterocycles. The number of nitrogens with zero attached hydrogens (tertiary/aromatic N) is 3. The van der Waals surface area contributed by atoms with E-state index in [0.717, 1.165) is 11.3 Å². The Labute approximate surface area is 143 Å². The first-order valence-electron chi connectivity index (χ1n) is 7.63. The van der Waals surface area contributed by atoms with Crippen LogP contribution in [0.4, 0.5) is 10.1 Å². The molecule has 0 aliphatic carbocycles. The normalized spacial score (nSPS) is 10.7. The molecule has 2 aromatic carbocycles. The van der Waals surface area contributed by atoms with Crippen molar-refractivity contribution in [2.45, 2.75) is 20.5 Å². The van der Waals surface area contributed by atoms with Gasteiger partial charge in [-0.05, 0) is 37.6 Å². The summed E-state index contributed by atoms with van der Waals surface area (Å²) in [6.45, 7) is 3.52. The monoisotopic (exact) mass is 341 g/mol. The predicted molar refractivity (Wildman–Crippen MR) is 90.4 cm³/mol. The quantitative estimate of drug-likeness (QED) is 0.517. The van der Waals surface area contributed by atoms with Gasteiger partial charge in [0.05, 0.1) is 21.9 Å². The molecule has 0 bridgehead atoms. The first kappa shape index (κ1) is 16.6. The molecule has 0 atom stereocenters. The smallest absolute Gasteiger partial charge is 0.276 e. The fraction of sp³-hybridized carbons (Fsp3) is 0.167. The van der Waals surface area contributed by atoms with Gasteiger partial charge in [0, 0.05) is 18.3 Å². The highest BCUT2D eigenvalue weighted by molar-refractivity contribution is 5.45. The van der Waals surface area contributed by atoms with Gasteiger partial charge in [-0.15, -0.1) is 0 Å². The highest BCUT2D eigenvalue weighted by atomic mass is 19.1. The molecule has 3 aromatic rings. The lowest BCUT2D eigenvalue weighted by molar-refractivity contribution is -0.385. The molecule has 128 valence electrons. The summed E-state index contributed by atoms with van der Waals surface area (Å²) in [5, 5.41) is 15.3. The van der Waals surface area contributed by atoms with Crippen LogP contribution in [0.15, 0.2) is 48.7 Å². The van der Waals surface area contributed by atoms with Crippen LogP contribution in [0, 0.1) is 29.8 Å². The minimum absolute atomic E-state index is 0.0326. The molecular formula is C18H16FN3O3. The standard InChI is InChI=1S/C18H16FN3O3/c1-12-4-3-5-17(22(23)24)15(12)11-25-18-7-6-14(10-16(18)19)21-9-8-13(2)20-21/h3-10H,11H2,1-2H3. The molecule has 0 saturated carbocycles. The molecular weight excluding hydrogens is 325 g/mol. The van der Waals surface area contributed by atoms with Crippen molar-refractivity contribution >= 4 is 5.69 Å². The van der Waals surface area contributed by atoms with Crippen LogP contribution >= 0.6 is 0 Å². The van der Waals surface area contributed by atoms with Gasteiger partial charge in [0.1, 0.15) is 6.61 Å². The van der Waals surface area contributed by atoms with Crippen LogP contribution in [0.5, 0.6) is 5.75 Å². The second kappa shape index (κ2) is 6.72. The van der Waals surface area contributed by atoms with Gasteiger partial charge in [-0.1, -0.05) is 12.1 Å². The number of hydrogen-bond acceptors (Lipinski definition) is 4. The molecule has 6 nitrogen and oxygen atoms in total. The van der Waals surface area contributed by atoms with Gasteiger partial charge in [-0.25, -0.2) is 9.07 Å². The zero-order valence-electron chi connectivity index (χ0n) is 13.8. The van der Waals surface area contributed by atoms with Crippen LogP contribution < -0.4 is 4.74 Å². The first-order valence-corrected chi connectivity index (χ1v) is 7.63. The van der Waals surface area contributed by atoms with Gasteiger partial charge < -0.3 is 4.74 Å². The zero-order valence-corrected chi connectivity index (χ0v) is 13.8. The van der Waals surface area contributed by atoms with E-state index >= 15 is 0 Å². The Balaban J connectivity index is 1.82. The van der Waals surface area contributed by atoms with E-state index in [1.165, 1.54) is 18.2 Å². The Hall–Kier alpha value is -3.22. The first-order chi connectivity index (χ1) is 12.0. The van der Waals surface area contributed by atoms with Crippen LogP contribution in [-0.2, 0) is 6.61 Å². The molecule has 0 saturated heterocycles. The number of aryl methyl sites for hydroxylation is 2. The van der Waals surface area contributed by atoms with E-state index in [4.69, 9.17) is 4.74 Å². The number of hydrogen-bond donors (Lipinski definition) is 0. The Kier molecular flexibility index (Phi) is 4.47. The van der Waals surface area contributed by atoms with E-state index in [2.05, 4.69) is 5.10 Å². The minimum atomic E-state index is -0.554. The maximum absolute atomic E-state index is 14.3. The maximum atomic E-state index is 14.3. The van der Waals surface area contributed by atoms with Crippen molar-refractivity contribution in [3.63, 3.8) is 0 Å². The number of halogens is 1. The summed E-state index contributed by atoms with van der Waals surface area (Å²) in [5.41, 5.74) is 2.51. The minimum Gasteiger partial charge on any atom is -0.486 e. The summed E-state index contributed by atoms with van der Waals surface area (Å²) < 4.78 is 21.4. The van der Waals surface area contributed by atoms with Crippen LogP contribution in [0.3, 0.4) is 0 Å². The topological polar surface area (TPSA) is 70.2 Å². The molecule has 0 aliphatic rings. The summed E-state index contributed by atoms with van der Waals surface area (Å²) >= 11 is 0. The van der Waals surface area contributed by atoms with Gasteiger partial charge in [-0.2, -0.15) is 5.10 Å². The average Bonchev–Trinajstić information content (AvgIpc) is 3.01. The van der Waals surface area contributed by atoms with Crippen molar-refractivity contribution in [3.05, 3.63) is 81.4 Å². The Morgan fingerprint density at radius 2 is 2.04 bits per heavy atom. The van der Waals surface area contributed by atoms with Crippen molar-refractivity contribution in [1.82, 2.24) is 9.78 Å². The number of nitro groups is 1. The van der Waals surface area contributed by atoms with Crippen molar-refractivity contribution in [3.8, 4) is 11.4 Å². The van der Waals surface area contributed by atoms with E-state index in [9.17, 15) is 14.5 Å². The fourth-order valence-corrected chi connectivity index (χ4v) is 2.50. The third-order valence-electron chi connectivity index (χ3n) is 3.86. The number of ether oxygens (including phenoxy) is 1. The summed E-state index contributed by atoms with van der Waals surface area (Å²) in [6.07, 6.45) is 1.74. The Bertz CT molecular complexity index is 937. The molecule has 25 heavy (non-hydrogen) atoms. The average molecular weight is 341 g/mol. The van der Waals surface area contributed by atoms with Crippen molar-refractivity contribution < 1.29 is 14.1 Å². The van der Waals surface area contributed by atoms with Crippen molar-refractivity contribution in [1.29, 1.82) is 0 Å². The molecule has 0 unspecified atom stereocenters. The molecule has 0 radical (unpaired) electrons. The molecule has 7 heteroatoms. The highest BCUT2D eigenvalue weighted by Gasteiger charge is 2.17. The SMILES string of the molecule is Cc1ccn(-c2ccc(OCc3c(C)cccc3[N+](=O)[O-])c(F)c2)n1. The van der Waals surface area contributed by atoms with Crippen molar-refractivity contribution in [2.75, 3.05) is 0 Å². The van der Waals surface area contributed by atoms with Gasteiger partial charge in [-0.3, -0.25) is 10.1 Å². The fourth-order valence-electron chi connectivity index (χ4n) is 2.50. The second-order valence-corrected chi connectivity index (χ2v) is 5.63.